The highest BCUT2D eigenvalue weighted by molar-refractivity contribution is 6.08. The molecule has 2 heterocycles. The maximum atomic E-state index is 6.26. The van der Waals surface area contributed by atoms with Crippen molar-refractivity contribution in [1.82, 2.24) is 9.97 Å². The maximum Gasteiger partial charge on any atom is 0.142 e. The first kappa shape index (κ1) is 29.9. The lowest BCUT2D eigenvalue weighted by molar-refractivity contribution is 0.306. The zero-order chi connectivity index (χ0) is 26.3. The molecule has 0 saturated heterocycles. The number of anilines is 3. The average Bonchev–Trinajstić information content (AvgIpc) is 2.99. The highest BCUT2D eigenvalue weighted by atomic mass is 35.5. The van der Waals surface area contributed by atoms with E-state index < -0.39 is 0 Å². The van der Waals surface area contributed by atoms with E-state index in [0.29, 0.717) is 6.61 Å². The standard InChI is InChI=1S/C34H32N4O.2ClH/c1(11-22-35-29-21-23-36-28-16-6-3-13-25(28)29)2-12-24-39-33-20-10-9-19-32(33)38-34-26-14-4-7-17-30(26)37-31-18-8-5-15-27(31)34;;/h3-10,13-21,23H,1-2,11-12,22,24H2,(H,35,36)(H,37,38);2*1H. The third-order valence-electron chi connectivity index (χ3n) is 7.03. The van der Waals surface area contributed by atoms with Gasteiger partial charge in [0.15, 0.2) is 0 Å². The number of fused-ring (bicyclic) bond motifs is 3. The quantitative estimate of drug-likeness (QED) is 0.117. The fourth-order valence-electron chi connectivity index (χ4n) is 5.04. The van der Waals surface area contributed by atoms with Gasteiger partial charge >= 0.3 is 0 Å². The highest BCUT2D eigenvalue weighted by Gasteiger charge is 2.11. The molecule has 7 heteroatoms. The predicted octanol–water partition coefficient (Wildman–Crippen LogP) is 9.57. The Morgan fingerprint density at radius 1 is 0.561 bits per heavy atom. The van der Waals surface area contributed by atoms with Crippen LogP contribution in [-0.2, 0) is 0 Å². The van der Waals surface area contributed by atoms with Gasteiger partial charge in [0.25, 0.3) is 0 Å². The van der Waals surface area contributed by atoms with Gasteiger partial charge in [0.2, 0.25) is 0 Å². The zero-order valence-corrected chi connectivity index (χ0v) is 24.4. The summed E-state index contributed by atoms with van der Waals surface area (Å²) in [7, 11) is 0. The lowest BCUT2D eigenvalue weighted by Crippen LogP contribution is -2.04. The Bertz CT molecular complexity index is 1670. The molecule has 0 spiro atoms. The van der Waals surface area contributed by atoms with Gasteiger partial charge in [-0.25, -0.2) is 4.98 Å². The second-order valence-electron chi connectivity index (χ2n) is 9.71. The molecule has 0 saturated carbocycles. The molecule has 0 aliphatic rings. The van der Waals surface area contributed by atoms with Crippen LogP contribution in [0.2, 0.25) is 0 Å². The summed E-state index contributed by atoms with van der Waals surface area (Å²) in [6.45, 7) is 1.65. The molecule has 210 valence electrons. The second kappa shape index (κ2) is 14.5. The molecule has 0 aliphatic carbocycles. The summed E-state index contributed by atoms with van der Waals surface area (Å²) < 4.78 is 6.26. The number of ether oxygens (including phenoxy) is 1. The van der Waals surface area contributed by atoms with Crippen LogP contribution in [0, 0.1) is 0 Å². The van der Waals surface area contributed by atoms with Crippen molar-refractivity contribution < 1.29 is 4.74 Å². The molecule has 6 aromatic rings. The Hall–Kier alpha value is -4.06. The minimum Gasteiger partial charge on any atom is -0.491 e. The van der Waals surface area contributed by atoms with Gasteiger partial charge in [-0.1, -0.05) is 79.6 Å². The zero-order valence-electron chi connectivity index (χ0n) is 22.8. The van der Waals surface area contributed by atoms with E-state index in [2.05, 4.69) is 82.3 Å². The third-order valence-corrected chi connectivity index (χ3v) is 7.03. The third kappa shape index (κ3) is 6.99. The molecule has 0 atom stereocenters. The van der Waals surface area contributed by atoms with E-state index in [0.717, 1.165) is 82.4 Å². The van der Waals surface area contributed by atoms with Crippen LogP contribution < -0.4 is 15.4 Å². The number of hydrogen-bond donors (Lipinski definition) is 2. The molecule has 2 N–H and O–H groups in total. The van der Waals surface area contributed by atoms with Crippen LogP contribution >= 0.6 is 24.8 Å². The molecule has 0 fully saturated rings. The maximum absolute atomic E-state index is 6.26. The number of aromatic nitrogens is 2. The number of benzene rings is 4. The lowest BCUT2D eigenvalue weighted by atomic mass is 10.1. The fraction of sp³-hybridized carbons (Fsp3) is 0.176. The molecular weight excluding hydrogens is 551 g/mol. The Balaban J connectivity index is 0.00000194. The van der Waals surface area contributed by atoms with Crippen LogP contribution in [0.3, 0.4) is 0 Å². The molecule has 41 heavy (non-hydrogen) atoms. The van der Waals surface area contributed by atoms with Crippen LogP contribution in [0.15, 0.2) is 109 Å². The summed E-state index contributed by atoms with van der Waals surface area (Å²) in [5.74, 6) is 0.869. The number of hydrogen-bond acceptors (Lipinski definition) is 5. The van der Waals surface area contributed by atoms with E-state index in [1.54, 1.807) is 0 Å². The van der Waals surface area contributed by atoms with Crippen molar-refractivity contribution in [3.05, 3.63) is 109 Å². The Morgan fingerprint density at radius 2 is 1.17 bits per heavy atom. The molecule has 5 nitrogen and oxygen atoms in total. The number of nitrogens with zero attached hydrogens (tertiary/aromatic N) is 2. The number of pyridine rings is 2. The minimum atomic E-state index is 0. The molecule has 0 aliphatic heterocycles. The van der Waals surface area contributed by atoms with Crippen molar-refractivity contribution in [2.24, 2.45) is 0 Å². The second-order valence-corrected chi connectivity index (χ2v) is 9.71. The van der Waals surface area contributed by atoms with Crippen LogP contribution in [0.4, 0.5) is 17.1 Å². The normalized spacial score (nSPS) is 10.6. The molecule has 0 unspecified atom stereocenters. The molecule has 0 bridgehead atoms. The smallest absolute Gasteiger partial charge is 0.142 e. The summed E-state index contributed by atoms with van der Waals surface area (Å²) in [4.78, 5) is 9.29. The van der Waals surface area contributed by atoms with E-state index in [9.17, 15) is 0 Å². The van der Waals surface area contributed by atoms with Gasteiger partial charge in [-0.05, 0) is 49.2 Å². The Morgan fingerprint density at radius 3 is 1.93 bits per heavy atom. The van der Waals surface area contributed by atoms with Gasteiger partial charge in [-0.3, -0.25) is 4.98 Å². The monoisotopic (exact) mass is 584 g/mol. The van der Waals surface area contributed by atoms with Crippen LogP contribution in [-0.4, -0.2) is 23.1 Å². The van der Waals surface area contributed by atoms with Crippen molar-refractivity contribution in [3.8, 4) is 5.75 Å². The lowest BCUT2D eigenvalue weighted by Gasteiger charge is -2.16. The molecule has 0 amide bonds. The van der Waals surface area contributed by atoms with Crippen LogP contribution in [0.1, 0.15) is 25.7 Å². The summed E-state index contributed by atoms with van der Waals surface area (Å²) in [5.41, 5.74) is 6.16. The van der Waals surface area contributed by atoms with E-state index in [1.165, 1.54) is 5.39 Å². The van der Waals surface area contributed by atoms with Gasteiger partial charge < -0.3 is 15.4 Å². The van der Waals surface area contributed by atoms with Crippen molar-refractivity contribution in [1.29, 1.82) is 0 Å². The van der Waals surface area contributed by atoms with E-state index in [-0.39, 0.29) is 24.8 Å². The summed E-state index contributed by atoms with van der Waals surface area (Å²) >= 11 is 0. The number of halogens is 2. The highest BCUT2D eigenvalue weighted by Crippen LogP contribution is 2.36. The van der Waals surface area contributed by atoms with Gasteiger partial charge in [-0.2, -0.15) is 0 Å². The van der Waals surface area contributed by atoms with Crippen molar-refractivity contribution in [2.45, 2.75) is 25.7 Å². The van der Waals surface area contributed by atoms with Crippen molar-refractivity contribution in [3.63, 3.8) is 0 Å². The van der Waals surface area contributed by atoms with Crippen molar-refractivity contribution in [2.75, 3.05) is 23.8 Å². The molecule has 4 aromatic carbocycles. The van der Waals surface area contributed by atoms with E-state index in [1.807, 2.05) is 42.6 Å². The number of para-hydroxylation sites is 5. The first-order chi connectivity index (χ1) is 19.4. The van der Waals surface area contributed by atoms with Gasteiger partial charge in [0.1, 0.15) is 5.75 Å². The van der Waals surface area contributed by atoms with Crippen molar-refractivity contribution >= 4 is 74.6 Å². The SMILES string of the molecule is Cl.Cl.c1ccc(OCCCCCCNc2ccnc3ccccc23)c(Nc2c3ccccc3nc3ccccc23)c1. The summed E-state index contributed by atoms with van der Waals surface area (Å²) in [6, 6.07) is 35.0. The van der Waals surface area contributed by atoms with Gasteiger partial charge in [0.05, 0.1) is 34.5 Å². The molecule has 2 aromatic heterocycles. The first-order valence-electron chi connectivity index (χ1n) is 13.7. The minimum absolute atomic E-state index is 0. The largest absolute Gasteiger partial charge is 0.491 e. The number of unbranched alkanes of at least 4 members (excludes halogenated alkanes) is 3. The van der Waals surface area contributed by atoms with E-state index in [4.69, 9.17) is 9.72 Å². The molecular formula is C34H34Cl2N4O. The van der Waals surface area contributed by atoms with Gasteiger partial charge in [-0.15, -0.1) is 24.8 Å². The number of nitrogens with one attached hydrogen (secondary N) is 2. The molecule has 6 rings (SSSR count). The van der Waals surface area contributed by atoms with Crippen LogP contribution in [0.25, 0.3) is 32.7 Å². The fourth-order valence-corrected chi connectivity index (χ4v) is 5.04. The average molecular weight is 586 g/mol. The Kier molecular flexibility index (Phi) is 10.6. The first-order valence-corrected chi connectivity index (χ1v) is 13.7. The molecule has 0 radical (unpaired) electrons. The summed E-state index contributed by atoms with van der Waals surface area (Å²) in [5, 5.41) is 10.6. The van der Waals surface area contributed by atoms with Gasteiger partial charge in [0, 0.05) is 34.6 Å². The number of rotatable bonds is 11. The van der Waals surface area contributed by atoms with Crippen LogP contribution in [0.5, 0.6) is 5.75 Å². The topological polar surface area (TPSA) is 59.1 Å². The van der Waals surface area contributed by atoms with E-state index >= 15 is 0 Å². The summed E-state index contributed by atoms with van der Waals surface area (Å²) in [6.07, 6.45) is 6.31. The Labute approximate surface area is 253 Å². The predicted molar refractivity (Wildman–Crippen MR) is 178 cm³/mol.